The molecule has 1 amide bonds. The highest BCUT2D eigenvalue weighted by molar-refractivity contribution is 5.94. The third-order valence-electron chi connectivity index (χ3n) is 4.24. The monoisotopic (exact) mass is 288 g/mol. The van der Waals surface area contributed by atoms with Gasteiger partial charge in [-0.3, -0.25) is 4.79 Å². The van der Waals surface area contributed by atoms with E-state index in [4.69, 9.17) is 0 Å². The number of hydrogen-bond acceptors (Lipinski definition) is 2. The lowest BCUT2D eigenvalue weighted by molar-refractivity contribution is -0.118. The zero-order chi connectivity index (χ0) is 15.1. The number of nitrogens with zero attached hydrogens (tertiary/aromatic N) is 1. The van der Waals surface area contributed by atoms with Crippen molar-refractivity contribution in [3.63, 3.8) is 0 Å². The van der Waals surface area contributed by atoms with Gasteiger partial charge in [-0.15, -0.1) is 0 Å². The smallest absolute Gasteiger partial charge is 0.226 e. The average molecular weight is 288 g/mol. The van der Waals surface area contributed by atoms with Crippen molar-refractivity contribution in [2.24, 2.45) is 0 Å². The van der Waals surface area contributed by atoms with E-state index in [9.17, 15) is 4.79 Å². The standard InChI is InChI=1S/C18H28N2O/c1-3-5-6-7-12-18(21)20-14-13-16(19-4-2)15-10-8-9-11-17(15)20/h8-11,16,19H,3-7,12-14H2,1-2H3. The summed E-state index contributed by atoms with van der Waals surface area (Å²) in [5.41, 5.74) is 2.38. The molecule has 1 atom stereocenters. The minimum Gasteiger partial charge on any atom is -0.312 e. The number of anilines is 1. The number of amides is 1. The number of fused-ring (bicyclic) bond motifs is 1. The van der Waals surface area contributed by atoms with Crippen LogP contribution in [0.4, 0.5) is 5.69 Å². The molecule has 1 N–H and O–H groups in total. The van der Waals surface area contributed by atoms with E-state index in [1.165, 1.54) is 18.4 Å². The molecule has 1 unspecified atom stereocenters. The minimum absolute atomic E-state index is 0.286. The number of carbonyl (C=O) groups excluding carboxylic acids is 1. The van der Waals surface area contributed by atoms with Crippen molar-refractivity contribution < 1.29 is 4.79 Å². The predicted molar refractivity (Wildman–Crippen MR) is 88.6 cm³/mol. The second-order valence-electron chi connectivity index (χ2n) is 5.81. The molecule has 1 heterocycles. The Morgan fingerprint density at radius 1 is 1.24 bits per heavy atom. The van der Waals surface area contributed by atoms with Crippen LogP contribution in [0, 0.1) is 0 Å². The molecule has 0 saturated heterocycles. The number of para-hydroxylation sites is 1. The second-order valence-corrected chi connectivity index (χ2v) is 5.81. The Labute approximate surface area is 128 Å². The molecule has 21 heavy (non-hydrogen) atoms. The molecular formula is C18H28N2O. The molecule has 1 aliphatic rings. The van der Waals surface area contributed by atoms with Crippen LogP contribution in [0.25, 0.3) is 0 Å². The molecule has 0 aromatic heterocycles. The minimum atomic E-state index is 0.286. The van der Waals surface area contributed by atoms with Crippen molar-refractivity contribution in [3.8, 4) is 0 Å². The van der Waals surface area contributed by atoms with E-state index in [1.54, 1.807) is 0 Å². The first-order chi connectivity index (χ1) is 10.3. The van der Waals surface area contributed by atoms with Crippen LogP contribution >= 0.6 is 0 Å². The molecule has 1 aliphatic heterocycles. The summed E-state index contributed by atoms with van der Waals surface area (Å²) in [6, 6.07) is 8.72. The van der Waals surface area contributed by atoms with Crippen molar-refractivity contribution in [2.75, 3.05) is 18.0 Å². The molecular weight excluding hydrogens is 260 g/mol. The molecule has 0 saturated carbocycles. The Kier molecular flexibility index (Phi) is 6.24. The fraction of sp³-hybridized carbons (Fsp3) is 0.611. The van der Waals surface area contributed by atoms with Crippen LogP contribution in [-0.4, -0.2) is 19.0 Å². The van der Waals surface area contributed by atoms with Gasteiger partial charge in [-0.05, 0) is 31.0 Å². The maximum absolute atomic E-state index is 12.5. The summed E-state index contributed by atoms with van der Waals surface area (Å²) in [4.78, 5) is 14.5. The van der Waals surface area contributed by atoms with E-state index in [1.807, 2.05) is 11.0 Å². The van der Waals surface area contributed by atoms with Gasteiger partial charge in [-0.2, -0.15) is 0 Å². The number of unbranched alkanes of at least 4 members (excludes halogenated alkanes) is 3. The van der Waals surface area contributed by atoms with Crippen LogP contribution in [0.1, 0.15) is 64.0 Å². The zero-order valence-corrected chi connectivity index (χ0v) is 13.4. The van der Waals surface area contributed by atoms with Crippen molar-refractivity contribution in [1.29, 1.82) is 0 Å². The fourth-order valence-electron chi connectivity index (χ4n) is 3.12. The number of carbonyl (C=O) groups is 1. The van der Waals surface area contributed by atoms with E-state index in [-0.39, 0.29) is 5.91 Å². The van der Waals surface area contributed by atoms with Crippen LogP contribution in [0.3, 0.4) is 0 Å². The Balaban J connectivity index is 2.04. The van der Waals surface area contributed by atoms with E-state index < -0.39 is 0 Å². The molecule has 3 nitrogen and oxygen atoms in total. The lowest BCUT2D eigenvalue weighted by Gasteiger charge is -2.34. The fourth-order valence-corrected chi connectivity index (χ4v) is 3.12. The Hall–Kier alpha value is -1.35. The Bertz CT molecular complexity index is 458. The molecule has 0 bridgehead atoms. The summed E-state index contributed by atoms with van der Waals surface area (Å²) >= 11 is 0. The Morgan fingerprint density at radius 3 is 2.81 bits per heavy atom. The SMILES string of the molecule is CCCCCCC(=O)N1CCC(NCC)c2ccccc21. The van der Waals surface area contributed by atoms with Gasteiger partial charge in [-0.1, -0.05) is 51.3 Å². The lowest BCUT2D eigenvalue weighted by Crippen LogP contribution is -2.39. The normalized spacial score (nSPS) is 17.6. The molecule has 1 aromatic rings. The summed E-state index contributed by atoms with van der Waals surface area (Å²) < 4.78 is 0. The molecule has 0 fully saturated rings. The number of hydrogen-bond donors (Lipinski definition) is 1. The zero-order valence-electron chi connectivity index (χ0n) is 13.4. The van der Waals surface area contributed by atoms with Crippen molar-refractivity contribution in [1.82, 2.24) is 5.32 Å². The summed E-state index contributed by atoms with van der Waals surface area (Å²) in [6.07, 6.45) is 6.31. The van der Waals surface area contributed by atoms with Gasteiger partial charge >= 0.3 is 0 Å². The van der Waals surface area contributed by atoms with Gasteiger partial charge in [0, 0.05) is 24.7 Å². The van der Waals surface area contributed by atoms with Crippen LogP contribution < -0.4 is 10.2 Å². The molecule has 116 valence electrons. The van der Waals surface area contributed by atoms with Gasteiger partial charge < -0.3 is 10.2 Å². The van der Waals surface area contributed by atoms with Crippen molar-refractivity contribution >= 4 is 11.6 Å². The molecule has 3 heteroatoms. The number of benzene rings is 1. The van der Waals surface area contributed by atoms with Gasteiger partial charge in [0.05, 0.1) is 0 Å². The van der Waals surface area contributed by atoms with Crippen molar-refractivity contribution in [2.45, 2.75) is 58.4 Å². The molecule has 0 radical (unpaired) electrons. The van der Waals surface area contributed by atoms with Gasteiger partial charge in [0.2, 0.25) is 5.91 Å². The number of nitrogens with one attached hydrogen (secondary N) is 1. The van der Waals surface area contributed by atoms with Crippen molar-refractivity contribution in [3.05, 3.63) is 29.8 Å². The quantitative estimate of drug-likeness (QED) is 0.768. The van der Waals surface area contributed by atoms with Crippen LogP contribution in [-0.2, 0) is 4.79 Å². The lowest BCUT2D eigenvalue weighted by atomic mass is 9.96. The van der Waals surface area contributed by atoms with E-state index in [0.29, 0.717) is 12.5 Å². The third kappa shape index (κ3) is 4.07. The first-order valence-electron chi connectivity index (χ1n) is 8.40. The summed E-state index contributed by atoms with van der Waals surface area (Å²) in [6.45, 7) is 6.13. The Morgan fingerprint density at radius 2 is 2.05 bits per heavy atom. The highest BCUT2D eigenvalue weighted by atomic mass is 16.2. The highest BCUT2D eigenvalue weighted by Crippen LogP contribution is 2.34. The summed E-state index contributed by atoms with van der Waals surface area (Å²) in [5.74, 6) is 0.286. The van der Waals surface area contributed by atoms with E-state index in [2.05, 4.69) is 37.4 Å². The summed E-state index contributed by atoms with van der Waals surface area (Å²) in [5, 5.41) is 3.52. The first-order valence-corrected chi connectivity index (χ1v) is 8.40. The molecule has 0 spiro atoms. The largest absolute Gasteiger partial charge is 0.312 e. The van der Waals surface area contributed by atoms with Crippen LogP contribution in [0.2, 0.25) is 0 Å². The maximum Gasteiger partial charge on any atom is 0.226 e. The van der Waals surface area contributed by atoms with Gasteiger partial charge in [-0.25, -0.2) is 0 Å². The molecule has 2 rings (SSSR count). The molecule has 1 aromatic carbocycles. The second kappa shape index (κ2) is 8.18. The predicted octanol–water partition coefficient (Wildman–Crippen LogP) is 4.04. The topological polar surface area (TPSA) is 32.3 Å². The summed E-state index contributed by atoms with van der Waals surface area (Å²) in [7, 11) is 0. The maximum atomic E-state index is 12.5. The van der Waals surface area contributed by atoms with Crippen LogP contribution in [0.15, 0.2) is 24.3 Å². The van der Waals surface area contributed by atoms with Gasteiger partial charge in [0.1, 0.15) is 0 Å². The molecule has 0 aliphatic carbocycles. The van der Waals surface area contributed by atoms with E-state index in [0.717, 1.165) is 38.0 Å². The van der Waals surface area contributed by atoms with Crippen LogP contribution in [0.5, 0.6) is 0 Å². The number of rotatable bonds is 7. The third-order valence-corrected chi connectivity index (χ3v) is 4.24. The first kappa shape index (κ1) is 16.0. The highest BCUT2D eigenvalue weighted by Gasteiger charge is 2.27. The van der Waals surface area contributed by atoms with Gasteiger partial charge in [0.25, 0.3) is 0 Å². The average Bonchev–Trinajstić information content (AvgIpc) is 2.52. The van der Waals surface area contributed by atoms with E-state index >= 15 is 0 Å². The van der Waals surface area contributed by atoms with Gasteiger partial charge in [0.15, 0.2) is 0 Å².